The molecular weight excluding hydrogens is 399 g/mol. The normalized spacial score (nSPS) is 17.6. The number of likely N-dealkylation sites (N-methyl/N-ethyl adjacent to an activating group) is 1. The van der Waals surface area contributed by atoms with Crippen molar-refractivity contribution in [1.29, 1.82) is 0 Å². The van der Waals surface area contributed by atoms with Crippen LogP contribution in [0.25, 0.3) is 0 Å². The number of pyridine rings is 1. The Balaban J connectivity index is 2.14. The van der Waals surface area contributed by atoms with Crippen LogP contribution in [0.1, 0.15) is 48.8 Å². The highest BCUT2D eigenvalue weighted by atomic mass is 35.5. The first-order chi connectivity index (χ1) is 12.7. The highest BCUT2D eigenvalue weighted by Gasteiger charge is 2.37. The summed E-state index contributed by atoms with van der Waals surface area (Å²) in [6, 6.07) is 0.541. The first kappa shape index (κ1) is 22.3. The van der Waals surface area contributed by atoms with E-state index in [1.54, 1.807) is 27.8 Å². The molecule has 1 saturated heterocycles. The van der Waals surface area contributed by atoms with Crippen LogP contribution in [0, 0.1) is 6.92 Å². The number of aromatic nitrogens is 1. The number of rotatable bonds is 2. The Morgan fingerprint density at radius 2 is 1.93 bits per heavy atom. The molecule has 2 rings (SSSR count). The van der Waals surface area contributed by atoms with Gasteiger partial charge in [-0.15, -0.1) is 0 Å². The van der Waals surface area contributed by atoms with Gasteiger partial charge in [0.2, 0.25) is 0 Å². The Labute approximate surface area is 166 Å². The molecule has 0 aromatic carbocycles. The molecule has 1 aromatic rings. The van der Waals surface area contributed by atoms with Gasteiger partial charge in [0, 0.05) is 20.1 Å². The van der Waals surface area contributed by atoms with Crippen LogP contribution in [0.3, 0.4) is 0 Å². The monoisotopic (exact) mass is 421 g/mol. The molecule has 1 aromatic heterocycles. The lowest BCUT2D eigenvalue weighted by molar-refractivity contribution is -0.141. The van der Waals surface area contributed by atoms with E-state index in [9.17, 15) is 22.8 Å². The van der Waals surface area contributed by atoms with Crippen molar-refractivity contribution in [2.75, 3.05) is 20.1 Å². The van der Waals surface area contributed by atoms with Gasteiger partial charge in [-0.2, -0.15) is 13.2 Å². The molecule has 1 fully saturated rings. The summed E-state index contributed by atoms with van der Waals surface area (Å²) >= 11 is 5.89. The number of carbonyl (C=O) groups excluding carboxylic acids is 2. The predicted octanol–water partition coefficient (Wildman–Crippen LogP) is 4.14. The third-order valence-corrected chi connectivity index (χ3v) is 4.63. The molecule has 6 nitrogen and oxygen atoms in total. The Kier molecular flexibility index (Phi) is 6.18. The fourth-order valence-corrected chi connectivity index (χ4v) is 3.24. The number of carbonyl (C=O) groups is 2. The lowest BCUT2D eigenvalue weighted by Crippen LogP contribution is -2.42. The van der Waals surface area contributed by atoms with E-state index < -0.39 is 34.6 Å². The molecule has 1 aliphatic rings. The summed E-state index contributed by atoms with van der Waals surface area (Å²) in [6.07, 6.45) is -4.63. The SMILES string of the molecule is Cc1cc(C(F)(F)F)nc(Cl)c1C(=O)N1CC[C@H](N(C)C(=O)OC(C)(C)C)C1. The van der Waals surface area contributed by atoms with Crippen LogP contribution in [0.2, 0.25) is 5.15 Å². The molecule has 0 N–H and O–H groups in total. The zero-order chi connectivity index (χ0) is 21.4. The molecule has 1 atom stereocenters. The van der Waals surface area contributed by atoms with E-state index in [0.717, 1.165) is 6.07 Å². The molecule has 28 heavy (non-hydrogen) atoms. The van der Waals surface area contributed by atoms with Crippen molar-refractivity contribution >= 4 is 23.6 Å². The number of hydrogen-bond acceptors (Lipinski definition) is 4. The minimum atomic E-state index is -4.65. The molecule has 1 aliphatic heterocycles. The lowest BCUT2D eigenvalue weighted by atomic mass is 10.1. The van der Waals surface area contributed by atoms with E-state index in [1.807, 2.05) is 0 Å². The van der Waals surface area contributed by atoms with E-state index >= 15 is 0 Å². The third-order valence-electron chi connectivity index (χ3n) is 4.36. The van der Waals surface area contributed by atoms with Crippen LogP contribution < -0.4 is 0 Å². The molecule has 0 unspecified atom stereocenters. The average Bonchev–Trinajstić information content (AvgIpc) is 3.00. The number of hydrogen-bond donors (Lipinski definition) is 0. The fraction of sp³-hybridized carbons (Fsp3) is 0.611. The largest absolute Gasteiger partial charge is 0.444 e. The van der Waals surface area contributed by atoms with Gasteiger partial charge in [-0.3, -0.25) is 4.79 Å². The highest BCUT2D eigenvalue weighted by Crippen LogP contribution is 2.32. The zero-order valence-electron chi connectivity index (χ0n) is 16.4. The highest BCUT2D eigenvalue weighted by molar-refractivity contribution is 6.32. The van der Waals surface area contributed by atoms with Crippen LogP contribution in [0.4, 0.5) is 18.0 Å². The molecule has 2 heterocycles. The van der Waals surface area contributed by atoms with Gasteiger partial charge < -0.3 is 14.5 Å². The molecule has 156 valence electrons. The zero-order valence-corrected chi connectivity index (χ0v) is 17.1. The Morgan fingerprint density at radius 3 is 2.43 bits per heavy atom. The molecule has 0 aliphatic carbocycles. The topological polar surface area (TPSA) is 62.7 Å². The number of nitrogens with zero attached hydrogens (tertiary/aromatic N) is 3. The molecule has 2 amide bonds. The lowest BCUT2D eigenvalue weighted by Gasteiger charge is -2.28. The molecule has 0 bridgehead atoms. The number of ether oxygens (including phenoxy) is 1. The molecular formula is C18H23ClF3N3O3. The van der Waals surface area contributed by atoms with Crippen molar-refractivity contribution in [3.63, 3.8) is 0 Å². The number of likely N-dealkylation sites (tertiary alicyclic amines) is 1. The molecule has 0 radical (unpaired) electrons. The first-order valence-electron chi connectivity index (χ1n) is 8.70. The van der Waals surface area contributed by atoms with E-state index in [-0.39, 0.29) is 23.7 Å². The van der Waals surface area contributed by atoms with Gasteiger partial charge in [-0.05, 0) is 45.7 Å². The van der Waals surface area contributed by atoms with E-state index in [2.05, 4.69) is 4.98 Å². The summed E-state index contributed by atoms with van der Waals surface area (Å²) < 4.78 is 43.9. The van der Waals surface area contributed by atoms with Crippen molar-refractivity contribution in [3.05, 3.63) is 28.0 Å². The quantitative estimate of drug-likeness (QED) is 0.673. The minimum Gasteiger partial charge on any atom is -0.444 e. The van der Waals surface area contributed by atoms with Gasteiger partial charge >= 0.3 is 12.3 Å². The van der Waals surface area contributed by atoms with Crippen molar-refractivity contribution in [1.82, 2.24) is 14.8 Å². The summed E-state index contributed by atoms with van der Waals surface area (Å²) in [5.74, 6) is -0.510. The summed E-state index contributed by atoms with van der Waals surface area (Å²) in [7, 11) is 1.59. The maximum Gasteiger partial charge on any atom is 0.433 e. The molecule has 10 heteroatoms. The number of amides is 2. The minimum absolute atomic E-state index is 0.0600. The van der Waals surface area contributed by atoms with Crippen molar-refractivity contribution in [3.8, 4) is 0 Å². The predicted molar refractivity (Wildman–Crippen MR) is 97.3 cm³/mol. The maximum atomic E-state index is 12.8. The van der Waals surface area contributed by atoms with Gasteiger partial charge in [0.05, 0.1) is 11.6 Å². The standard InChI is InChI=1S/C18H23ClF3N3O3/c1-10-8-12(18(20,21)22)23-14(19)13(10)15(26)25-7-6-11(9-25)24(5)16(27)28-17(2,3)4/h8,11H,6-7,9H2,1-5H3/t11-/m0/s1. The summed E-state index contributed by atoms with van der Waals surface area (Å²) in [6.45, 7) is 7.22. The third kappa shape index (κ3) is 5.06. The van der Waals surface area contributed by atoms with Crippen LogP contribution in [0.15, 0.2) is 6.07 Å². The van der Waals surface area contributed by atoms with Gasteiger partial charge in [-0.25, -0.2) is 9.78 Å². The van der Waals surface area contributed by atoms with Crippen molar-refractivity contribution < 1.29 is 27.5 Å². The second-order valence-electron chi connectivity index (χ2n) is 7.77. The average molecular weight is 422 g/mol. The van der Waals surface area contributed by atoms with E-state index in [4.69, 9.17) is 16.3 Å². The van der Waals surface area contributed by atoms with Gasteiger partial charge in [0.25, 0.3) is 5.91 Å². The Hall–Kier alpha value is -2.03. The second-order valence-corrected chi connectivity index (χ2v) is 8.13. The van der Waals surface area contributed by atoms with Crippen molar-refractivity contribution in [2.45, 2.75) is 51.9 Å². The summed E-state index contributed by atoms with van der Waals surface area (Å²) in [5, 5.41) is -0.485. The summed E-state index contributed by atoms with van der Waals surface area (Å²) in [5.41, 5.74) is -1.75. The first-order valence-corrected chi connectivity index (χ1v) is 9.08. The van der Waals surface area contributed by atoms with E-state index in [1.165, 1.54) is 16.7 Å². The number of halogens is 4. The van der Waals surface area contributed by atoms with Gasteiger partial charge in [-0.1, -0.05) is 11.6 Å². The smallest absolute Gasteiger partial charge is 0.433 e. The maximum absolute atomic E-state index is 12.8. The second kappa shape index (κ2) is 7.77. The van der Waals surface area contributed by atoms with Crippen LogP contribution in [-0.4, -0.2) is 58.6 Å². The Morgan fingerprint density at radius 1 is 1.32 bits per heavy atom. The van der Waals surface area contributed by atoms with Gasteiger partial charge in [0.1, 0.15) is 16.4 Å². The Bertz CT molecular complexity index is 755. The van der Waals surface area contributed by atoms with E-state index in [0.29, 0.717) is 13.0 Å². The van der Waals surface area contributed by atoms with Crippen molar-refractivity contribution in [2.24, 2.45) is 0 Å². The van der Waals surface area contributed by atoms with Crippen LogP contribution in [0.5, 0.6) is 0 Å². The number of alkyl halides is 3. The van der Waals surface area contributed by atoms with Crippen LogP contribution >= 0.6 is 11.6 Å². The van der Waals surface area contributed by atoms with Crippen LogP contribution in [-0.2, 0) is 10.9 Å². The van der Waals surface area contributed by atoms with Gasteiger partial charge in [0.15, 0.2) is 0 Å². The summed E-state index contributed by atoms with van der Waals surface area (Å²) in [4.78, 5) is 31.2. The molecule has 0 spiro atoms. The molecule has 0 saturated carbocycles. The number of aryl methyl sites for hydroxylation is 1. The fourth-order valence-electron chi connectivity index (χ4n) is 2.92.